The number of carboxylic acids is 1. The first-order chi connectivity index (χ1) is 9.99. The molecule has 1 amide bonds. The maximum Gasteiger partial charge on any atom is 0.326 e. The van der Waals surface area contributed by atoms with Crippen LogP contribution >= 0.6 is 0 Å². The quantitative estimate of drug-likeness (QED) is 0.876. The minimum Gasteiger partial charge on any atom is -0.480 e. The van der Waals surface area contributed by atoms with Crippen LogP contribution in [0.1, 0.15) is 50.2 Å². The number of hydrogen-bond acceptors (Lipinski definition) is 2. The summed E-state index contributed by atoms with van der Waals surface area (Å²) in [5.74, 6) is -1.11. The van der Waals surface area contributed by atoms with Gasteiger partial charge in [-0.2, -0.15) is 0 Å². The molecule has 114 valence electrons. The number of nitrogens with one attached hydrogen (secondary N) is 1. The van der Waals surface area contributed by atoms with Gasteiger partial charge in [-0.3, -0.25) is 4.79 Å². The van der Waals surface area contributed by atoms with Gasteiger partial charge in [-0.15, -0.1) is 0 Å². The fourth-order valence-electron chi connectivity index (χ4n) is 2.99. The van der Waals surface area contributed by atoms with Gasteiger partial charge in [0, 0.05) is 0 Å². The summed E-state index contributed by atoms with van der Waals surface area (Å²) in [7, 11) is 0. The molecule has 1 aromatic rings. The number of aryl methyl sites for hydroxylation is 1. The Morgan fingerprint density at radius 2 is 2.05 bits per heavy atom. The van der Waals surface area contributed by atoms with E-state index in [4.69, 9.17) is 0 Å². The predicted octanol–water partition coefficient (Wildman–Crippen LogP) is 2.72. The predicted molar refractivity (Wildman–Crippen MR) is 81.1 cm³/mol. The van der Waals surface area contributed by atoms with Crippen molar-refractivity contribution in [3.05, 3.63) is 35.4 Å². The van der Waals surface area contributed by atoms with Gasteiger partial charge in [0.15, 0.2) is 0 Å². The monoisotopic (exact) mass is 289 g/mol. The lowest BCUT2D eigenvalue weighted by atomic mass is 9.82. The second-order valence-electron chi connectivity index (χ2n) is 6.17. The third-order valence-corrected chi connectivity index (χ3v) is 4.01. The van der Waals surface area contributed by atoms with E-state index in [2.05, 4.69) is 11.4 Å². The molecular formula is C17H23NO3. The summed E-state index contributed by atoms with van der Waals surface area (Å²) in [4.78, 5) is 23.8. The van der Waals surface area contributed by atoms with Crippen LogP contribution in [0, 0.1) is 5.92 Å². The molecule has 0 heterocycles. The van der Waals surface area contributed by atoms with Crippen molar-refractivity contribution in [1.29, 1.82) is 0 Å². The van der Waals surface area contributed by atoms with E-state index in [9.17, 15) is 14.7 Å². The summed E-state index contributed by atoms with van der Waals surface area (Å²) >= 11 is 0. The number of rotatable bonds is 5. The Balaban J connectivity index is 2.12. The SMILES string of the molecule is CC(C)CC(NC(=O)C1CCCc2ccccc21)C(=O)O. The van der Waals surface area contributed by atoms with Crippen molar-refractivity contribution in [1.82, 2.24) is 5.32 Å². The van der Waals surface area contributed by atoms with Crippen LogP contribution in [0.25, 0.3) is 0 Å². The molecule has 0 aliphatic heterocycles. The molecule has 1 aliphatic carbocycles. The van der Waals surface area contributed by atoms with Crippen LogP contribution in [-0.4, -0.2) is 23.0 Å². The summed E-state index contributed by atoms with van der Waals surface area (Å²) in [6.45, 7) is 3.91. The number of benzene rings is 1. The van der Waals surface area contributed by atoms with Crippen molar-refractivity contribution < 1.29 is 14.7 Å². The van der Waals surface area contributed by atoms with Gasteiger partial charge in [-0.05, 0) is 42.7 Å². The Morgan fingerprint density at radius 1 is 1.33 bits per heavy atom. The standard InChI is InChI=1S/C17H23NO3/c1-11(2)10-15(17(20)21)18-16(19)14-9-5-7-12-6-3-4-8-13(12)14/h3-4,6,8,11,14-15H,5,7,9-10H2,1-2H3,(H,18,19)(H,20,21). The maximum absolute atomic E-state index is 12.5. The molecule has 1 aliphatic rings. The molecule has 21 heavy (non-hydrogen) atoms. The van der Waals surface area contributed by atoms with E-state index >= 15 is 0 Å². The van der Waals surface area contributed by atoms with Crippen molar-refractivity contribution in [3.8, 4) is 0 Å². The molecule has 0 spiro atoms. The van der Waals surface area contributed by atoms with Gasteiger partial charge in [0.1, 0.15) is 6.04 Å². The topological polar surface area (TPSA) is 66.4 Å². The van der Waals surface area contributed by atoms with E-state index in [0.29, 0.717) is 6.42 Å². The Hall–Kier alpha value is -1.84. The first kappa shape index (κ1) is 15.5. The lowest BCUT2D eigenvalue weighted by Crippen LogP contribution is -2.44. The largest absolute Gasteiger partial charge is 0.480 e. The summed E-state index contributed by atoms with van der Waals surface area (Å²) < 4.78 is 0. The van der Waals surface area contributed by atoms with Gasteiger partial charge in [0.05, 0.1) is 5.92 Å². The van der Waals surface area contributed by atoms with Crippen LogP contribution in [0.4, 0.5) is 0 Å². The van der Waals surface area contributed by atoms with Crippen LogP contribution in [-0.2, 0) is 16.0 Å². The van der Waals surface area contributed by atoms with Crippen molar-refractivity contribution in [2.75, 3.05) is 0 Å². The molecular weight excluding hydrogens is 266 g/mol. The highest BCUT2D eigenvalue weighted by atomic mass is 16.4. The van der Waals surface area contributed by atoms with Crippen LogP contribution < -0.4 is 5.32 Å². The van der Waals surface area contributed by atoms with Crippen LogP contribution in [0.5, 0.6) is 0 Å². The molecule has 4 heteroatoms. The van der Waals surface area contributed by atoms with E-state index < -0.39 is 12.0 Å². The number of aliphatic carboxylic acids is 1. The normalized spacial score (nSPS) is 18.9. The number of amides is 1. The zero-order valence-corrected chi connectivity index (χ0v) is 12.6. The first-order valence-electron chi connectivity index (χ1n) is 7.60. The average molecular weight is 289 g/mol. The second-order valence-corrected chi connectivity index (χ2v) is 6.17. The number of carboxylic acid groups (broad SMARTS) is 1. The first-order valence-corrected chi connectivity index (χ1v) is 7.60. The smallest absolute Gasteiger partial charge is 0.326 e. The number of carbonyl (C=O) groups excluding carboxylic acids is 1. The van der Waals surface area contributed by atoms with E-state index in [-0.39, 0.29) is 17.7 Å². The van der Waals surface area contributed by atoms with E-state index in [1.165, 1.54) is 5.56 Å². The third kappa shape index (κ3) is 3.84. The second kappa shape index (κ2) is 6.74. The lowest BCUT2D eigenvalue weighted by Gasteiger charge is -2.26. The molecule has 0 bridgehead atoms. The Labute approximate surface area is 125 Å². The fraction of sp³-hybridized carbons (Fsp3) is 0.529. The summed E-state index contributed by atoms with van der Waals surface area (Å²) in [6, 6.07) is 7.16. The van der Waals surface area contributed by atoms with Crippen LogP contribution in [0.2, 0.25) is 0 Å². The number of carbonyl (C=O) groups is 2. The molecule has 2 N–H and O–H groups in total. The summed E-state index contributed by atoms with van der Waals surface area (Å²) in [5, 5.41) is 12.0. The highest BCUT2D eigenvalue weighted by molar-refractivity contribution is 5.88. The molecule has 2 unspecified atom stereocenters. The molecule has 2 atom stereocenters. The molecule has 0 aromatic heterocycles. The number of fused-ring (bicyclic) bond motifs is 1. The molecule has 1 aromatic carbocycles. The fourth-order valence-corrected chi connectivity index (χ4v) is 2.99. The number of hydrogen-bond donors (Lipinski definition) is 2. The highest BCUT2D eigenvalue weighted by Gasteiger charge is 2.29. The Morgan fingerprint density at radius 3 is 2.71 bits per heavy atom. The Bertz CT molecular complexity index is 525. The van der Waals surface area contributed by atoms with Crippen molar-refractivity contribution in [3.63, 3.8) is 0 Å². The van der Waals surface area contributed by atoms with Crippen molar-refractivity contribution >= 4 is 11.9 Å². The van der Waals surface area contributed by atoms with Gasteiger partial charge in [0.2, 0.25) is 5.91 Å². The molecule has 0 fully saturated rings. The van der Waals surface area contributed by atoms with E-state index in [1.807, 2.05) is 32.0 Å². The molecule has 0 saturated carbocycles. The van der Waals surface area contributed by atoms with E-state index in [0.717, 1.165) is 24.8 Å². The van der Waals surface area contributed by atoms with Crippen molar-refractivity contribution in [2.45, 2.75) is 51.5 Å². The van der Waals surface area contributed by atoms with Gasteiger partial charge >= 0.3 is 5.97 Å². The zero-order valence-electron chi connectivity index (χ0n) is 12.6. The van der Waals surface area contributed by atoms with E-state index in [1.54, 1.807) is 0 Å². The maximum atomic E-state index is 12.5. The Kier molecular flexibility index (Phi) is 4.99. The van der Waals surface area contributed by atoms with Gasteiger partial charge in [-0.1, -0.05) is 38.1 Å². The summed E-state index contributed by atoms with van der Waals surface area (Å²) in [5.41, 5.74) is 2.26. The van der Waals surface area contributed by atoms with Gasteiger partial charge in [0.25, 0.3) is 0 Å². The average Bonchev–Trinajstić information content (AvgIpc) is 2.45. The van der Waals surface area contributed by atoms with Gasteiger partial charge < -0.3 is 10.4 Å². The third-order valence-electron chi connectivity index (χ3n) is 4.01. The van der Waals surface area contributed by atoms with Gasteiger partial charge in [-0.25, -0.2) is 4.79 Å². The lowest BCUT2D eigenvalue weighted by molar-refractivity contribution is -0.142. The molecule has 0 radical (unpaired) electrons. The minimum absolute atomic E-state index is 0.157. The molecule has 4 nitrogen and oxygen atoms in total. The zero-order chi connectivity index (χ0) is 15.4. The van der Waals surface area contributed by atoms with Crippen LogP contribution in [0.15, 0.2) is 24.3 Å². The van der Waals surface area contributed by atoms with Crippen molar-refractivity contribution in [2.24, 2.45) is 5.92 Å². The molecule has 2 rings (SSSR count). The molecule has 0 saturated heterocycles. The van der Waals surface area contributed by atoms with Crippen LogP contribution in [0.3, 0.4) is 0 Å². The highest BCUT2D eigenvalue weighted by Crippen LogP contribution is 2.31. The summed E-state index contributed by atoms with van der Waals surface area (Å²) in [6.07, 6.45) is 3.21. The minimum atomic E-state index is -0.957.